The third-order valence-corrected chi connectivity index (χ3v) is 15.7. The SMILES string of the molecule is CC/C=C\C/C=C\C/C=C\C/C=C\C/C=C\C/C=C\CCCCCCCCC(=O)OCC(COC(=O)CCCCCCCCCCCCCCCCCCCCC)OC(=O)CCCCCCCCCCCCCCCCCCCCC. The molecule has 0 heterocycles. The second-order valence-corrected chi connectivity index (χ2v) is 23.8. The van der Waals surface area contributed by atoms with E-state index >= 15 is 0 Å². The zero-order chi connectivity index (χ0) is 58.5. The average molecular weight is 1130 g/mol. The van der Waals surface area contributed by atoms with Crippen LogP contribution in [-0.4, -0.2) is 37.2 Å². The van der Waals surface area contributed by atoms with Gasteiger partial charge in [0.05, 0.1) is 0 Å². The van der Waals surface area contributed by atoms with Crippen LogP contribution in [0, 0.1) is 0 Å². The number of hydrogen-bond donors (Lipinski definition) is 0. The van der Waals surface area contributed by atoms with Gasteiger partial charge in [0.1, 0.15) is 13.2 Å². The topological polar surface area (TPSA) is 78.9 Å². The summed E-state index contributed by atoms with van der Waals surface area (Å²) < 4.78 is 17.0. The summed E-state index contributed by atoms with van der Waals surface area (Å²) in [5.74, 6) is -0.864. The molecule has 1 atom stereocenters. The maximum Gasteiger partial charge on any atom is 0.306 e. The molecule has 0 saturated carbocycles. The van der Waals surface area contributed by atoms with Gasteiger partial charge >= 0.3 is 17.9 Å². The minimum atomic E-state index is -0.781. The van der Waals surface area contributed by atoms with Crippen molar-refractivity contribution in [3.8, 4) is 0 Å². The largest absolute Gasteiger partial charge is 0.462 e. The number of hydrogen-bond acceptors (Lipinski definition) is 6. The highest BCUT2D eigenvalue weighted by atomic mass is 16.6. The molecule has 0 aliphatic heterocycles. The first-order chi connectivity index (χ1) is 40.0. The molecule has 0 saturated heterocycles. The van der Waals surface area contributed by atoms with Crippen LogP contribution in [0.2, 0.25) is 0 Å². The molecule has 0 spiro atoms. The Labute approximate surface area is 503 Å². The van der Waals surface area contributed by atoms with Crippen molar-refractivity contribution in [1.82, 2.24) is 0 Å². The first kappa shape index (κ1) is 77.9. The lowest BCUT2D eigenvalue weighted by atomic mass is 10.0. The van der Waals surface area contributed by atoms with Gasteiger partial charge in [-0.3, -0.25) is 14.4 Å². The molecule has 0 radical (unpaired) electrons. The standard InChI is InChI=1S/C75H134O6/c1-4-7-10-13-16-19-22-25-28-31-34-35-36-37-38-39-42-44-47-50-53-56-59-62-65-68-74(77)80-71-72(81-75(78)69-66-63-60-57-54-51-48-45-41-33-30-27-24-21-18-15-12-9-6-3)70-79-73(76)67-64-61-58-55-52-49-46-43-40-32-29-26-23-20-17-14-11-8-5-2/h7,10,16,19,25,28,34-35,37-38,42,44,72H,4-6,8-9,11-15,17-18,20-24,26-27,29-33,36,39-41,43,45-71H2,1-3H3/b10-7-,19-16-,28-25-,35-34-,38-37-,44-42-. The Hall–Kier alpha value is -3.15. The van der Waals surface area contributed by atoms with Gasteiger partial charge in [-0.05, 0) is 70.6 Å². The monoisotopic (exact) mass is 1130 g/mol. The zero-order valence-corrected chi connectivity index (χ0v) is 54.1. The number of allylic oxidation sites excluding steroid dienone is 12. The molecule has 470 valence electrons. The maximum absolute atomic E-state index is 13.0. The predicted molar refractivity (Wildman–Crippen MR) is 353 cm³/mol. The van der Waals surface area contributed by atoms with Crippen molar-refractivity contribution in [2.45, 2.75) is 374 Å². The Morgan fingerprint density at radius 2 is 0.481 bits per heavy atom. The summed E-state index contributed by atoms with van der Waals surface area (Å²) in [6.45, 7) is 6.59. The number of unbranched alkanes of at least 4 members (excludes halogenated alkanes) is 42. The van der Waals surface area contributed by atoms with Crippen LogP contribution in [0.25, 0.3) is 0 Å². The van der Waals surface area contributed by atoms with Crippen molar-refractivity contribution in [3.05, 3.63) is 72.9 Å². The van der Waals surface area contributed by atoms with Crippen LogP contribution in [0.1, 0.15) is 367 Å². The first-order valence-corrected chi connectivity index (χ1v) is 35.4. The summed E-state index contributed by atoms with van der Waals surface area (Å²) in [5.41, 5.74) is 0. The quantitative estimate of drug-likeness (QED) is 0.0261. The van der Waals surface area contributed by atoms with Crippen LogP contribution in [0.4, 0.5) is 0 Å². The molecule has 0 fully saturated rings. The molecule has 0 aromatic carbocycles. The summed E-state index contributed by atoms with van der Waals surface area (Å²) in [5, 5.41) is 0. The Morgan fingerprint density at radius 1 is 0.259 bits per heavy atom. The van der Waals surface area contributed by atoms with Gasteiger partial charge in [-0.1, -0.05) is 351 Å². The van der Waals surface area contributed by atoms with Crippen LogP contribution < -0.4 is 0 Å². The lowest BCUT2D eigenvalue weighted by Crippen LogP contribution is -2.30. The maximum atomic E-state index is 13.0. The van der Waals surface area contributed by atoms with E-state index in [9.17, 15) is 14.4 Å². The zero-order valence-electron chi connectivity index (χ0n) is 54.1. The molecule has 6 nitrogen and oxygen atoms in total. The van der Waals surface area contributed by atoms with Gasteiger partial charge in [0.25, 0.3) is 0 Å². The van der Waals surface area contributed by atoms with E-state index in [-0.39, 0.29) is 31.1 Å². The van der Waals surface area contributed by atoms with Crippen molar-refractivity contribution in [3.63, 3.8) is 0 Å². The number of esters is 3. The smallest absolute Gasteiger partial charge is 0.306 e. The molecule has 0 aliphatic carbocycles. The molecule has 0 aliphatic rings. The Balaban J connectivity index is 4.36. The molecule has 1 unspecified atom stereocenters. The molecule has 81 heavy (non-hydrogen) atoms. The fourth-order valence-corrected chi connectivity index (χ4v) is 10.5. The van der Waals surface area contributed by atoms with Crippen molar-refractivity contribution in [1.29, 1.82) is 0 Å². The number of carbonyl (C=O) groups excluding carboxylic acids is 3. The minimum absolute atomic E-state index is 0.0747. The van der Waals surface area contributed by atoms with Crippen LogP contribution in [0.3, 0.4) is 0 Å². The van der Waals surface area contributed by atoms with Gasteiger partial charge < -0.3 is 14.2 Å². The fraction of sp³-hybridized carbons (Fsp3) is 0.800. The molecule has 0 N–H and O–H groups in total. The molecule has 0 aromatic heterocycles. The van der Waals surface area contributed by atoms with Gasteiger partial charge in [-0.25, -0.2) is 0 Å². The van der Waals surface area contributed by atoms with E-state index in [2.05, 4.69) is 93.7 Å². The van der Waals surface area contributed by atoms with E-state index in [4.69, 9.17) is 14.2 Å². The second-order valence-electron chi connectivity index (χ2n) is 23.8. The van der Waals surface area contributed by atoms with Gasteiger partial charge in [0, 0.05) is 19.3 Å². The minimum Gasteiger partial charge on any atom is -0.462 e. The van der Waals surface area contributed by atoms with Crippen LogP contribution in [0.5, 0.6) is 0 Å². The van der Waals surface area contributed by atoms with E-state index in [1.807, 2.05) is 0 Å². The van der Waals surface area contributed by atoms with Crippen LogP contribution in [-0.2, 0) is 28.6 Å². The number of carbonyl (C=O) groups is 3. The van der Waals surface area contributed by atoms with E-state index in [1.165, 1.54) is 225 Å². The molecule has 0 amide bonds. The Bertz CT molecular complexity index is 1490. The highest BCUT2D eigenvalue weighted by Crippen LogP contribution is 2.18. The highest BCUT2D eigenvalue weighted by molar-refractivity contribution is 5.71. The van der Waals surface area contributed by atoms with Gasteiger partial charge in [-0.2, -0.15) is 0 Å². The molecule has 0 aromatic rings. The van der Waals surface area contributed by atoms with Crippen molar-refractivity contribution >= 4 is 17.9 Å². The van der Waals surface area contributed by atoms with E-state index in [0.29, 0.717) is 19.3 Å². The molecule has 0 rings (SSSR count). The lowest BCUT2D eigenvalue weighted by Gasteiger charge is -2.18. The van der Waals surface area contributed by atoms with Crippen LogP contribution in [0.15, 0.2) is 72.9 Å². The first-order valence-electron chi connectivity index (χ1n) is 35.4. The summed E-state index contributed by atoms with van der Waals surface area (Å²) in [7, 11) is 0. The Kier molecular flexibility index (Phi) is 66.6. The average Bonchev–Trinajstić information content (AvgIpc) is 3.47. The molecular formula is C75H134O6. The summed E-state index contributed by atoms with van der Waals surface area (Å²) in [4.78, 5) is 38.5. The summed E-state index contributed by atoms with van der Waals surface area (Å²) in [6, 6.07) is 0. The third kappa shape index (κ3) is 67.5. The van der Waals surface area contributed by atoms with Crippen molar-refractivity contribution in [2.24, 2.45) is 0 Å². The highest BCUT2D eigenvalue weighted by Gasteiger charge is 2.19. The predicted octanol–water partition coefficient (Wildman–Crippen LogP) is 24.4. The van der Waals surface area contributed by atoms with Crippen molar-refractivity contribution in [2.75, 3.05) is 13.2 Å². The molecular weight excluding hydrogens is 997 g/mol. The number of rotatable bonds is 65. The van der Waals surface area contributed by atoms with Crippen molar-refractivity contribution < 1.29 is 28.6 Å². The van der Waals surface area contributed by atoms with Crippen LogP contribution >= 0.6 is 0 Å². The summed E-state index contributed by atoms with van der Waals surface area (Å²) in [6.07, 6.45) is 90.6. The fourth-order valence-electron chi connectivity index (χ4n) is 10.5. The molecule has 0 bridgehead atoms. The second kappa shape index (κ2) is 69.3. The number of ether oxygens (including phenoxy) is 3. The molecule has 6 heteroatoms. The van der Waals surface area contributed by atoms with E-state index < -0.39 is 6.10 Å². The van der Waals surface area contributed by atoms with Gasteiger partial charge in [0.15, 0.2) is 6.10 Å². The van der Waals surface area contributed by atoms with Gasteiger partial charge in [0.2, 0.25) is 0 Å². The normalized spacial score (nSPS) is 12.5. The Morgan fingerprint density at radius 3 is 0.753 bits per heavy atom. The lowest BCUT2D eigenvalue weighted by molar-refractivity contribution is -0.167. The third-order valence-electron chi connectivity index (χ3n) is 15.7. The van der Waals surface area contributed by atoms with E-state index in [1.54, 1.807) is 0 Å². The van der Waals surface area contributed by atoms with E-state index in [0.717, 1.165) is 103 Å². The summed E-state index contributed by atoms with van der Waals surface area (Å²) >= 11 is 0. The van der Waals surface area contributed by atoms with Gasteiger partial charge in [-0.15, -0.1) is 0 Å².